The second-order valence-corrected chi connectivity index (χ2v) is 7.08. The topological polar surface area (TPSA) is 21.3 Å². The lowest BCUT2D eigenvalue weighted by molar-refractivity contribution is -0.0881. The van der Waals surface area contributed by atoms with Crippen LogP contribution in [0.2, 0.25) is 0 Å². The first-order chi connectivity index (χ1) is 8.99. The van der Waals surface area contributed by atoms with E-state index in [0.29, 0.717) is 11.5 Å². The SMILES string of the molecule is CCCCC(NCCC)C1(OC)CCC(C)(C)CC1. The quantitative estimate of drug-likeness (QED) is 0.699. The number of nitrogens with one attached hydrogen (secondary N) is 1. The summed E-state index contributed by atoms with van der Waals surface area (Å²) >= 11 is 0. The molecule has 1 fully saturated rings. The van der Waals surface area contributed by atoms with Gasteiger partial charge < -0.3 is 10.1 Å². The summed E-state index contributed by atoms with van der Waals surface area (Å²) in [5.74, 6) is 0. The molecule has 1 atom stereocenters. The second-order valence-electron chi connectivity index (χ2n) is 7.08. The van der Waals surface area contributed by atoms with Crippen LogP contribution in [0.15, 0.2) is 0 Å². The zero-order chi connectivity index (χ0) is 14.4. The van der Waals surface area contributed by atoms with E-state index in [-0.39, 0.29) is 5.60 Å². The summed E-state index contributed by atoms with van der Waals surface area (Å²) in [6.07, 6.45) is 10.0. The van der Waals surface area contributed by atoms with Crippen molar-refractivity contribution in [2.45, 2.75) is 90.7 Å². The minimum Gasteiger partial charge on any atom is -0.377 e. The van der Waals surface area contributed by atoms with Gasteiger partial charge in [-0.25, -0.2) is 0 Å². The van der Waals surface area contributed by atoms with Crippen LogP contribution in [-0.4, -0.2) is 25.3 Å². The monoisotopic (exact) mass is 269 g/mol. The highest BCUT2D eigenvalue weighted by atomic mass is 16.5. The highest BCUT2D eigenvalue weighted by Gasteiger charge is 2.43. The van der Waals surface area contributed by atoms with Gasteiger partial charge in [-0.05, 0) is 50.5 Å². The third kappa shape index (κ3) is 4.75. The summed E-state index contributed by atoms with van der Waals surface area (Å²) < 4.78 is 6.07. The predicted molar refractivity (Wildman–Crippen MR) is 83.6 cm³/mol. The summed E-state index contributed by atoms with van der Waals surface area (Å²) in [4.78, 5) is 0. The zero-order valence-corrected chi connectivity index (χ0v) is 13.8. The third-order valence-corrected chi connectivity index (χ3v) is 4.98. The largest absolute Gasteiger partial charge is 0.377 e. The molecule has 114 valence electrons. The van der Waals surface area contributed by atoms with Gasteiger partial charge in [-0.15, -0.1) is 0 Å². The Morgan fingerprint density at radius 2 is 1.68 bits per heavy atom. The van der Waals surface area contributed by atoms with Gasteiger partial charge in [0.15, 0.2) is 0 Å². The lowest BCUT2D eigenvalue weighted by Gasteiger charge is -2.47. The molecule has 0 aromatic rings. The van der Waals surface area contributed by atoms with Crippen LogP contribution >= 0.6 is 0 Å². The van der Waals surface area contributed by atoms with Crippen molar-refractivity contribution < 1.29 is 4.74 Å². The number of methoxy groups -OCH3 is 1. The maximum absolute atomic E-state index is 6.07. The molecule has 0 radical (unpaired) electrons. The number of hydrogen-bond donors (Lipinski definition) is 1. The van der Waals surface area contributed by atoms with E-state index in [1.54, 1.807) is 0 Å². The van der Waals surface area contributed by atoms with E-state index in [0.717, 1.165) is 6.54 Å². The molecule has 1 saturated carbocycles. The normalized spacial score (nSPS) is 23.2. The summed E-state index contributed by atoms with van der Waals surface area (Å²) in [6, 6.07) is 0.536. The van der Waals surface area contributed by atoms with Gasteiger partial charge in [0.2, 0.25) is 0 Å². The molecule has 0 saturated heterocycles. The van der Waals surface area contributed by atoms with Gasteiger partial charge in [-0.3, -0.25) is 0 Å². The predicted octanol–water partition coefficient (Wildman–Crippen LogP) is 4.53. The van der Waals surface area contributed by atoms with Gasteiger partial charge in [-0.1, -0.05) is 40.5 Å². The zero-order valence-electron chi connectivity index (χ0n) is 13.8. The van der Waals surface area contributed by atoms with Gasteiger partial charge in [0.25, 0.3) is 0 Å². The van der Waals surface area contributed by atoms with E-state index in [9.17, 15) is 0 Å². The standard InChI is InChI=1S/C17H35NO/c1-6-8-9-15(18-14-7-2)17(19-5)12-10-16(3,4)11-13-17/h15,18H,6-14H2,1-5H3. The van der Waals surface area contributed by atoms with Crippen LogP contribution in [0.4, 0.5) is 0 Å². The molecule has 0 amide bonds. The molecule has 0 aliphatic heterocycles. The minimum absolute atomic E-state index is 0.0832. The van der Waals surface area contributed by atoms with E-state index in [2.05, 4.69) is 33.0 Å². The molecule has 2 heteroatoms. The highest BCUT2D eigenvalue weighted by molar-refractivity contribution is 4.98. The van der Waals surface area contributed by atoms with Gasteiger partial charge in [0, 0.05) is 13.2 Å². The molecule has 2 nitrogen and oxygen atoms in total. The molecule has 0 spiro atoms. The van der Waals surface area contributed by atoms with Crippen molar-refractivity contribution in [1.29, 1.82) is 0 Å². The Hall–Kier alpha value is -0.0800. The van der Waals surface area contributed by atoms with Crippen LogP contribution in [-0.2, 0) is 4.74 Å². The maximum atomic E-state index is 6.07. The highest BCUT2D eigenvalue weighted by Crippen LogP contribution is 2.44. The Kier molecular flexibility index (Phi) is 6.82. The fraction of sp³-hybridized carbons (Fsp3) is 1.00. The average Bonchev–Trinajstić information content (AvgIpc) is 2.40. The van der Waals surface area contributed by atoms with Crippen LogP contribution in [0.25, 0.3) is 0 Å². The molecule has 1 N–H and O–H groups in total. The molecule has 0 bridgehead atoms. The van der Waals surface area contributed by atoms with E-state index >= 15 is 0 Å². The van der Waals surface area contributed by atoms with Crippen molar-refractivity contribution in [3.8, 4) is 0 Å². The Balaban J connectivity index is 2.70. The van der Waals surface area contributed by atoms with Crippen molar-refractivity contribution in [3.05, 3.63) is 0 Å². The summed E-state index contributed by atoms with van der Waals surface area (Å²) in [5, 5.41) is 3.77. The fourth-order valence-electron chi connectivity index (χ4n) is 3.32. The second kappa shape index (κ2) is 7.64. The van der Waals surface area contributed by atoms with Crippen LogP contribution in [0, 0.1) is 5.41 Å². The van der Waals surface area contributed by atoms with Gasteiger partial charge >= 0.3 is 0 Å². The molecule has 1 aliphatic carbocycles. The maximum Gasteiger partial charge on any atom is 0.0831 e. The molecule has 0 aromatic carbocycles. The average molecular weight is 269 g/mol. The van der Waals surface area contributed by atoms with E-state index in [1.807, 2.05) is 7.11 Å². The Labute approximate surface area is 120 Å². The summed E-state index contributed by atoms with van der Waals surface area (Å²) in [6.45, 7) is 10.4. The molecule has 1 rings (SSSR count). The molecule has 0 heterocycles. The molecular weight excluding hydrogens is 234 g/mol. The number of unbranched alkanes of at least 4 members (excludes halogenated alkanes) is 1. The van der Waals surface area contributed by atoms with Crippen molar-refractivity contribution in [1.82, 2.24) is 5.32 Å². The first kappa shape index (κ1) is 17.0. The third-order valence-electron chi connectivity index (χ3n) is 4.98. The van der Waals surface area contributed by atoms with E-state index in [4.69, 9.17) is 4.74 Å². The van der Waals surface area contributed by atoms with E-state index in [1.165, 1.54) is 51.4 Å². The lowest BCUT2D eigenvalue weighted by Crippen LogP contribution is -2.54. The first-order valence-electron chi connectivity index (χ1n) is 8.28. The van der Waals surface area contributed by atoms with Crippen LogP contribution in [0.3, 0.4) is 0 Å². The van der Waals surface area contributed by atoms with Crippen LogP contribution in [0.5, 0.6) is 0 Å². The molecule has 1 unspecified atom stereocenters. The smallest absolute Gasteiger partial charge is 0.0831 e. The van der Waals surface area contributed by atoms with Gasteiger partial charge in [0.1, 0.15) is 0 Å². The van der Waals surface area contributed by atoms with Crippen molar-refractivity contribution >= 4 is 0 Å². The Bertz CT molecular complexity index is 232. The van der Waals surface area contributed by atoms with Gasteiger partial charge in [-0.2, -0.15) is 0 Å². The summed E-state index contributed by atoms with van der Waals surface area (Å²) in [7, 11) is 1.92. The van der Waals surface area contributed by atoms with E-state index < -0.39 is 0 Å². The molecular formula is C17H35NO. The Morgan fingerprint density at radius 1 is 1.05 bits per heavy atom. The van der Waals surface area contributed by atoms with Gasteiger partial charge in [0.05, 0.1) is 5.60 Å². The van der Waals surface area contributed by atoms with Crippen molar-refractivity contribution in [2.24, 2.45) is 5.41 Å². The Morgan fingerprint density at radius 3 is 2.16 bits per heavy atom. The number of ether oxygens (including phenoxy) is 1. The first-order valence-corrected chi connectivity index (χ1v) is 8.28. The summed E-state index contributed by atoms with van der Waals surface area (Å²) in [5.41, 5.74) is 0.585. The minimum atomic E-state index is 0.0832. The fourth-order valence-corrected chi connectivity index (χ4v) is 3.32. The number of hydrogen-bond acceptors (Lipinski definition) is 2. The molecule has 1 aliphatic rings. The number of rotatable bonds is 8. The van der Waals surface area contributed by atoms with Crippen LogP contribution in [0.1, 0.15) is 79.1 Å². The molecule has 19 heavy (non-hydrogen) atoms. The van der Waals surface area contributed by atoms with Crippen molar-refractivity contribution in [3.63, 3.8) is 0 Å². The lowest BCUT2D eigenvalue weighted by atomic mass is 9.67. The molecule has 0 aromatic heterocycles. The van der Waals surface area contributed by atoms with Crippen LogP contribution < -0.4 is 5.32 Å². The van der Waals surface area contributed by atoms with Crippen molar-refractivity contribution in [2.75, 3.05) is 13.7 Å².